The fraction of sp³-hybridized carbons (Fsp3) is 1.00. The Bertz CT molecular complexity index is 245. The van der Waals surface area contributed by atoms with E-state index in [4.69, 9.17) is 0 Å². The van der Waals surface area contributed by atoms with Crippen molar-refractivity contribution >= 4 is 23.2 Å². The van der Waals surface area contributed by atoms with E-state index in [0.717, 1.165) is 0 Å². The zero-order valence-electron chi connectivity index (χ0n) is 7.17. The highest BCUT2D eigenvalue weighted by molar-refractivity contribution is 6.26. The van der Waals surface area contributed by atoms with Gasteiger partial charge in [0.25, 0.3) is 0 Å². The van der Waals surface area contributed by atoms with Crippen LogP contribution in [0.5, 0.6) is 0 Å². The van der Waals surface area contributed by atoms with Gasteiger partial charge in [-0.25, -0.2) is 4.39 Å². The molecule has 1 fully saturated rings. The number of hydrogen-bond donors (Lipinski definition) is 0. The van der Waals surface area contributed by atoms with Crippen LogP contribution in [0.25, 0.3) is 0 Å². The molecule has 1 aliphatic rings. The van der Waals surface area contributed by atoms with E-state index in [2.05, 4.69) is 32.7 Å². The quantitative estimate of drug-likeness (QED) is 0.569. The predicted octanol–water partition coefficient (Wildman–Crippen LogP) is 3.08. The average molecular weight is 275 g/mol. The van der Waals surface area contributed by atoms with Crippen molar-refractivity contribution < 1.29 is 31.4 Å². The molecule has 0 saturated carbocycles. The van der Waals surface area contributed by atoms with Crippen molar-refractivity contribution in [2.45, 2.75) is 29.3 Å². The second-order valence-corrected chi connectivity index (χ2v) is 4.05. The van der Waals surface area contributed by atoms with Crippen LogP contribution in [-0.4, -0.2) is 29.0 Å². The Balaban J connectivity index is 3.13. The third-order valence-electron chi connectivity index (χ3n) is 1.64. The van der Waals surface area contributed by atoms with Crippen LogP contribution in [-0.2, 0) is 9.47 Å². The molecular formula is C6H5Cl2F5O2. The second kappa shape index (κ2) is 3.32. The first kappa shape index (κ1) is 13.2. The van der Waals surface area contributed by atoms with Gasteiger partial charge in [-0.05, 0) is 30.1 Å². The molecule has 0 aromatic rings. The molecule has 1 saturated heterocycles. The van der Waals surface area contributed by atoms with Crippen LogP contribution in [0.4, 0.5) is 22.0 Å². The molecule has 15 heavy (non-hydrogen) atoms. The molecule has 0 aliphatic carbocycles. The molecule has 1 aliphatic heterocycles. The summed E-state index contributed by atoms with van der Waals surface area (Å²) in [7, 11) is 0. The van der Waals surface area contributed by atoms with Crippen LogP contribution in [0.2, 0.25) is 0 Å². The topological polar surface area (TPSA) is 18.5 Å². The van der Waals surface area contributed by atoms with Crippen LogP contribution in [0.1, 0.15) is 6.92 Å². The van der Waals surface area contributed by atoms with E-state index in [1.54, 1.807) is 0 Å². The maximum Gasteiger partial charge on any atom is 0.382 e. The third kappa shape index (κ3) is 2.15. The number of halogens is 7. The summed E-state index contributed by atoms with van der Waals surface area (Å²) in [5.74, 6) is -6.82. The lowest BCUT2D eigenvalue weighted by atomic mass is 10.3. The first-order chi connectivity index (χ1) is 6.41. The van der Waals surface area contributed by atoms with Gasteiger partial charge in [-0.1, -0.05) is 0 Å². The zero-order chi connectivity index (χ0) is 12.1. The molecule has 1 atom stereocenters. The third-order valence-corrected chi connectivity index (χ3v) is 2.13. The van der Waals surface area contributed by atoms with E-state index in [1.165, 1.54) is 0 Å². The SMILES string of the molecule is CC1(F)COC(C(F)(F)Cl)(C(F)(F)Cl)O1. The summed E-state index contributed by atoms with van der Waals surface area (Å²) in [5.41, 5.74) is 0. The van der Waals surface area contributed by atoms with Crippen molar-refractivity contribution in [1.29, 1.82) is 0 Å². The fourth-order valence-electron chi connectivity index (χ4n) is 1.03. The van der Waals surface area contributed by atoms with Crippen molar-refractivity contribution in [2.75, 3.05) is 6.61 Å². The van der Waals surface area contributed by atoms with Gasteiger partial charge in [-0.2, -0.15) is 17.6 Å². The number of hydrogen-bond acceptors (Lipinski definition) is 2. The van der Waals surface area contributed by atoms with Crippen LogP contribution in [0.3, 0.4) is 0 Å². The van der Waals surface area contributed by atoms with Crippen molar-refractivity contribution in [3.8, 4) is 0 Å². The van der Waals surface area contributed by atoms with Crippen LogP contribution in [0.15, 0.2) is 0 Å². The van der Waals surface area contributed by atoms with E-state index in [0.29, 0.717) is 6.92 Å². The molecule has 90 valence electrons. The maximum absolute atomic E-state index is 13.0. The largest absolute Gasteiger partial charge is 0.382 e. The summed E-state index contributed by atoms with van der Waals surface area (Å²) in [6.07, 6.45) is 0. The Morgan fingerprint density at radius 3 is 1.67 bits per heavy atom. The molecule has 1 heterocycles. The minimum Gasteiger partial charge on any atom is -0.332 e. The average Bonchev–Trinajstić information content (AvgIpc) is 2.23. The van der Waals surface area contributed by atoms with E-state index >= 15 is 0 Å². The van der Waals surface area contributed by atoms with Gasteiger partial charge >= 0.3 is 16.6 Å². The standard InChI is InChI=1S/C6H5Cl2F5O2/c1-3(9)2-14-4(15-3,5(7,10)11)6(8,12)13/h2H2,1H3. The molecule has 0 bridgehead atoms. The van der Waals surface area contributed by atoms with Gasteiger partial charge < -0.3 is 4.74 Å². The molecule has 2 nitrogen and oxygen atoms in total. The monoisotopic (exact) mass is 274 g/mol. The lowest BCUT2D eigenvalue weighted by Crippen LogP contribution is -2.57. The second-order valence-electron chi connectivity index (χ2n) is 3.10. The highest BCUT2D eigenvalue weighted by atomic mass is 35.5. The molecule has 0 spiro atoms. The highest BCUT2D eigenvalue weighted by Gasteiger charge is 2.76. The Labute approximate surface area is 91.2 Å². The van der Waals surface area contributed by atoms with Gasteiger partial charge in [0, 0.05) is 0 Å². The van der Waals surface area contributed by atoms with E-state index in [1.807, 2.05) is 0 Å². The van der Waals surface area contributed by atoms with Crippen molar-refractivity contribution in [3.05, 3.63) is 0 Å². The molecule has 1 unspecified atom stereocenters. The van der Waals surface area contributed by atoms with Crippen molar-refractivity contribution in [2.24, 2.45) is 0 Å². The molecule has 0 aromatic carbocycles. The summed E-state index contributed by atoms with van der Waals surface area (Å²) >= 11 is 8.79. The predicted molar refractivity (Wildman–Crippen MR) is 40.9 cm³/mol. The summed E-state index contributed by atoms with van der Waals surface area (Å²) in [4.78, 5) is 0. The Kier molecular flexibility index (Phi) is 2.92. The molecule has 0 N–H and O–H groups in total. The molecule has 0 aromatic heterocycles. The van der Waals surface area contributed by atoms with Crippen molar-refractivity contribution in [1.82, 2.24) is 0 Å². The zero-order valence-corrected chi connectivity index (χ0v) is 8.68. The maximum atomic E-state index is 13.0. The molecule has 0 amide bonds. The summed E-state index contributed by atoms with van der Waals surface area (Å²) in [5, 5.41) is -9.36. The highest BCUT2D eigenvalue weighted by Crippen LogP contribution is 2.54. The lowest BCUT2D eigenvalue weighted by Gasteiger charge is -2.34. The first-order valence-corrected chi connectivity index (χ1v) is 4.33. The van der Waals surface area contributed by atoms with Crippen LogP contribution in [0, 0.1) is 0 Å². The summed E-state index contributed by atoms with van der Waals surface area (Å²) in [6.45, 7) is -0.488. The minimum absolute atomic E-state index is 0.639. The number of alkyl halides is 7. The number of ether oxygens (including phenoxy) is 2. The van der Waals surface area contributed by atoms with E-state index < -0.39 is 29.0 Å². The Hall–Kier alpha value is 0.150. The molecule has 1 rings (SSSR count). The molecule has 0 radical (unpaired) electrons. The molecular weight excluding hydrogens is 270 g/mol. The van der Waals surface area contributed by atoms with E-state index in [9.17, 15) is 22.0 Å². The smallest absolute Gasteiger partial charge is 0.332 e. The van der Waals surface area contributed by atoms with Gasteiger partial charge in [0.15, 0.2) is 0 Å². The van der Waals surface area contributed by atoms with Gasteiger partial charge in [-0.3, -0.25) is 4.74 Å². The Morgan fingerprint density at radius 1 is 1.13 bits per heavy atom. The lowest BCUT2D eigenvalue weighted by molar-refractivity contribution is -0.345. The van der Waals surface area contributed by atoms with E-state index in [-0.39, 0.29) is 0 Å². The fourth-order valence-corrected chi connectivity index (χ4v) is 1.50. The Morgan fingerprint density at radius 2 is 1.53 bits per heavy atom. The van der Waals surface area contributed by atoms with Crippen LogP contribution < -0.4 is 0 Å². The minimum atomic E-state index is -4.68. The summed E-state index contributed by atoms with van der Waals surface area (Å²) < 4.78 is 71.6. The van der Waals surface area contributed by atoms with Gasteiger partial charge in [0.1, 0.15) is 6.61 Å². The van der Waals surface area contributed by atoms with Gasteiger partial charge in [0.05, 0.1) is 0 Å². The normalized spacial score (nSPS) is 32.0. The van der Waals surface area contributed by atoms with Crippen molar-refractivity contribution in [3.63, 3.8) is 0 Å². The summed E-state index contributed by atoms with van der Waals surface area (Å²) in [6, 6.07) is 0. The molecule has 9 heteroatoms. The number of rotatable bonds is 2. The van der Waals surface area contributed by atoms with Crippen LogP contribution >= 0.6 is 23.2 Å². The van der Waals surface area contributed by atoms with Gasteiger partial charge in [0.2, 0.25) is 5.85 Å². The van der Waals surface area contributed by atoms with Gasteiger partial charge in [-0.15, -0.1) is 0 Å². The first-order valence-electron chi connectivity index (χ1n) is 3.58.